The van der Waals surface area contributed by atoms with Gasteiger partial charge in [-0.1, -0.05) is 9.64 Å². The number of nitrogens with two attached hydrogens (primary N) is 1. The van der Waals surface area contributed by atoms with Crippen LogP contribution in [0, 0.1) is 0 Å². The minimum Gasteiger partial charge on any atom is -0.379 e. The van der Waals surface area contributed by atoms with Crippen LogP contribution < -0.4 is 5.73 Å². The molecule has 0 fully saturated rings. The van der Waals surface area contributed by atoms with Crippen molar-refractivity contribution in [2.24, 2.45) is 5.73 Å². The zero-order valence-corrected chi connectivity index (χ0v) is 10.4. The zero-order chi connectivity index (χ0) is 12.3. The van der Waals surface area contributed by atoms with Crippen molar-refractivity contribution in [1.29, 1.82) is 0 Å². The lowest BCUT2D eigenvalue weighted by atomic mass is 10.1. The van der Waals surface area contributed by atoms with Crippen molar-refractivity contribution in [1.82, 2.24) is 19.7 Å². The molecule has 2 aromatic rings. The predicted octanol–water partition coefficient (Wildman–Crippen LogP) is 0.799. The Balaban J connectivity index is 2.18. The largest absolute Gasteiger partial charge is 0.379 e. The van der Waals surface area contributed by atoms with Gasteiger partial charge in [-0.2, -0.15) is 4.98 Å². The Morgan fingerprint density at radius 2 is 2.41 bits per heavy atom. The molecule has 0 bridgehead atoms. The summed E-state index contributed by atoms with van der Waals surface area (Å²) in [5, 5.41) is 7.56. The molecule has 0 amide bonds. The molecule has 0 aliphatic carbocycles. The van der Waals surface area contributed by atoms with E-state index in [1.54, 1.807) is 13.1 Å². The third-order valence-electron chi connectivity index (χ3n) is 2.11. The minimum absolute atomic E-state index is 0.337. The first-order valence-electron chi connectivity index (χ1n) is 5.12. The first-order chi connectivity index (χ1) is 8.13. The van der Waals surface area contributed by atoms with E-state index in [1.807, 2.05) is 6.92 Å². The highest BCUT2D eigenvalue weighted by atomic mass is 32.1. The van der Waals surface area contributed by atoms with Crippen molar-refractivity contribution in [3.8, 4) is 10.8 Å². The number of hydrogen-bond donors (Lipinski definition) is 1. The number of nitrogens with zero attached hydrogens (tertiary/aromatic N) is 4. The van der Waals surface area contributed by atoms with E-state index in [0.717, 1.165) is 4.88 Å². The van der Waals surface area contributed by atoms with E-state index in [4.69, 9.17) is 15.0 Å². The Labute approximate surface area is 102 Å². The van der Waals surface area contributed by atoms with Gasteiger partial charge < -0.3 is 15.0 Å². The molecule has 1 unspecified atom stereocenters. The van der Waals surface area contributed by atoms with E-state index < -0.39 is 5.54 Å². The molecule has 92 valence electrons. The van der Waals surface area contributed by atoms with Crippen molar-refractivity contribution < 1.29 is 9.26 Å². The monoisotopic (exact) mass is 255 g/mol. The third kappa shape index (κ3) is 2.65. The highest BCUT2D eigenvalue weighted by molar-refractivity contribution is 7.09. The first-order valence-corrected chi connectivity index (χ1v) is 5.89. The summed E-state index contributed by atoms with van der Waals surface area (Å²) in [6.45, 7) is 4.63. The fraction of sp³-hybridized carbons (Fsp3) is 0.556. The van der Waals surface area contributed by atoms with E-state index in [2.05, 4.69) is 19.7 Å². The highest BCUT2D eigenvalue weighted by Crippen LogP contribution is 2.22. The zero-order valence-electron chi connectivity index (χ0n) is 9.58. The molecule has 0 spiro atoms. The topological polar surface area (TPSA) is 100.0 Å². The fourth-order valence-corrected chi connectivity index (χ4v) is 1.63. The van der Waals surface area contributed by atoms with Crippen LogP contribution in [0.4, 0.5) is 0 Å². The molecule has 0 radical (unpaired) electrons. The molecule has 2 aromatic heterocycles. The van der Waals surface area contributed by atoms with Gasteiger partial charge >= 0.3 is 0 Å². The van der Waals surface area contributed by atoms with Crippen LogP contribution in [0.5, 0.6) is 0 Å². The summed E-state index contributed by atoms with van der Waals surface area (Å²) in [7, 11) is 0. The third-order valence-corrected chi connectivity index (χ3v) is 2.77. The van der Waals surface area contributed by atoms with E-state index >= 15 is 0 Å². The van der Waals surface area contributed by atoms with Crippen molar-refractivity contribution in [2.75, 3.05) is 13.2 Å². The van der Waals surface area contributed by atoms with Gasteiger partial charge in [-0.05, 0) is 25.4 Å². The maximum atomic E-state index is 6.05. The fourth-order valence-electron chi connectivity index (χ4n) is 1.20. The predicted molar refractivity (Wildman–Crippen MR) is 61.2 cm³/mol. The molecule has 7 nitrogen and oxygen atoms in total. The summed E-state index contributed by atoms with van der Waals surface area (Å²) in [4.78, 5) is 4.94. The Kier molecular flexibility index (Phi) is 3.46. The van der Waals surface area contributed by atoms with Gasteiger partial charge in [-0.25, -0.2) is 0 Å². The maximum Gasteiger partial charge on any atom is 0.271 e. The molecule has 0 aliphatic rings. The standard InChI is InChI=1S/C9H13N5O2S/c1-3-15-5-9(2,10)8-12-7(16-13-8)6-4-11-14-17-6/h4H,3,5,10H2,1-2H3. The maximum absolute atomic E-state index is 6.05. The van der Waals surface area contributed by atoms with Crippen LogP contribution in [0.25, 0.3) is 10.8 Å². The molecular formula is C9H13N5O2S. The summed E-state index contributed by atoms with van der Waals surface area (Å²) in [6.07, 6.45) is 1.57. The van der Waals surface area contributed by atoms with Gasteiger partial charge in [0.15, 0.2) is 5.82 Å². The summed E-state index contributed by atoms with van der Waals surface area (Å²) < 4.78 is 14.1. The molecule has 2 N–H and O–H groups in total. The van der Waals surface area contributed by atoms with Crippen LogP contribution in [0.1, 0.15) is 19.7 Å². The lowest BCUT2D eigenvalue weighted by Crippen LogP contribution is -2.39. The van der Waals surface area contributed by atoms with Gasteiger partial charge in [0.25, 0.3) is 5.89 Å². The summed E-state index contributed by atoms with van der Waals surface area (Å²) in [5.74, 6) is 0.789. The molecule has 0 saturated heterocycles. The van der Waals surface area contributed by atoms with Gasteiger partial charge in [0, 0.05) is 6.61 Å². The molecule has 17 heavy (non-hydrogen) atoms. The van der Waals surface area contributed by atoms with Crippen molar-refractivity contribution in [2.45, 2.75) is 19.4 Å². The Morgan fingerprint density at radius 1 is 1.59 bits per heavy atom. The molecule has 0 saturated carbocycles. The van der Waals surface area contributed by atoms with Crippen LogP contribution in [0.2, 0.25) is 0 Å². The molecule has 8 heteroatoms. The van der Waals surface area contributed by atoms with Crippen LogP contribution in [0.15, 0.2) is 10.7 Å². The van der Waals surface area contributed by atoms with E-state index in [-0.39, 0.29) is 0 Å². The summed E-state index contributed by atoms with van der Waals surface area (Å²) in [6, 6.07) is 0. The Bertz CT molecular complexity index is 467. The summed E-state index contributed by atoms with van der Waals surface area (Å²) >= 11 is 1.19. The SMILES string of the molecule is CCOCC(C)(N)c1noc(-c2cnns2)n1. The Morgan fingerprint density at radius 3 is 3.06 bits per heavy atom. The summed E-state index contributed by atoms with van der Waals surface area (Å²) in [5.41, 5.74) is 5.29. The van der Waals surface area contributed by atoms with Crippen molar-refractivity contribution in [3.63, 3.8) is 0 Å². The van der Waals surface area contributed by atoms with Crippen LogP contribution in [0.3, 0.4) is 0 Å². The van der Waals surface area contributed by atoms with Crippen LogP contribution in [-0.4, -0.2) is 32.9 Å². The van der Waals surface area contributed by atoms with Crippen molar-refractivity contribution >= 4 is 11.5 Å². The van der Waals surface area contributed by atoms with E-state index in [9.17, 15) is 0 Å². The molecule has 1 atom stereocenters. The average Bonchev–Trinajstić information content (AvgIpc) is 2.95. The first kappa shape index (κ1) is 12.1. The van der Waals surface area contributed by atoms with Crippen molar-refractivity contribution in [3.05, 3.63) is 12.0 Å². The second-order valence-electron chi connectivity index (χ2n) is 3.76. The number of aromatic nitrogens is 4. The van der Waals surface area contributed by atoms with Crippen LogP contribution >= 0.6 is 11.5 Å². The quantitative estimate of drug-likeness (QED) is 0.843. The lowest BCUT2D eigenvalue weighted by Gasteiger charge is -2.19. The highest BCUT2D eigenvalue weighted by Gasteiger charge is 2.28. The van der Waals surface area contributed by atoms with E-state index in [0.29, 0.717) is 24.9 Å². The molecule has 2 heterocycles. The van der Waals surface area contributed by atoms with Gasteiger partial charge in [-0.15, -0.1) is 5.10 Å². The minimum atomic E-state index is -0.768. The average molecular weight is 255 g/mol. The lowest BCUT2D eigenvalue weighted by molar-refractivity contribution is 0.0962. The van der Waals surface area contributed by atoms with Gasteiger partial charge in [0.1, 0.15) is 10.4 Å². The normalized spacial score (nSPS) is 14.8. The molecular weight excluding hydrogens is 242 g/mol. The van der Waals surface area contributed by atoms with Gasteiger partial charge in [-0.3, -0.25) is 0 Å². The molecule has 2 rings (SSSR count). The number of ether oxygens (including phenoxy) is 1. The van der Waals surface area contributed by atoms with Crippen LogP contribution in [-0.2, 0) is 10.3 Å². The number of rotatable bonds is 5. The number of hydrogen-bond acceptors (Lipinski definition) is 8. The second kappa shape index (κ2) is 4.86. The van der Waals surface area contributed by atoms with Gasteiger partial charge in [0.05, 0.1) is 12.8 Å². The smallest absolute Gasteiger partial charge is 0.271 e. The Hall–Kier alpha value is -1.38. The van der Waals surface area contributed by atoms with Gasteiger partial charge in [0.2, 0.25) is 0 Å². The molecule has 0 aliphatic heterocycles. The second-order valence-corrected chi connectivity index (χ2v) is 4.55. The van der Waals surface area contributed by atoms with E-state index in [1.165, 1.54) is 11.5 Å². The molecule has 0 aromatic carbocycles.